The number of nitrogens with zero attached hydrogens (tertiary/aromatic N) is 3. The molecule has 1 unspecified atom stereocenters. The van der Waals surface area contributed by atoms with Crippen molar-refractivity contribution in [3.8, 4) is 0 Å². The normalized spacial score (nSPS) is 22.6. The van der Waals surface area contributed by atoms with Crippen LogP contribution in [0.1, 0.15) is 36.0 Å². The van der Waals surface area contributed by atoms with Gasteiger partial charge in [-0.25, -0.2) is 4.39 Å². The van der Waals surface area contributed by atoms with Gasteiger partial charge in [-0.3, -0.25) is 14.4 Å². The van der Waals surface area contributed by atoms with Gasteiger partial charge in [0.1, 0.15) is 5.82 Å². The van der Waals surface area contributed by atoms with Gasteiger partial charge in [0.05, 0.1) is 16.5 Å². The van der Waals surface area contributed by atoms with Crippen molar-refractivity contribution in [2.45, 2.75) is 25.7 Å². The number of hydrogen-bond acceptors (Lipinski definition) is 3. The van der Waals surface area contributed by atoms with Gasteiger partial charge < -0.3 is 14.7 Å². The number of carbonyl (C=O) groups excluding carboxylic acids is 3. The van der Waals surface area contributed by atoms with Crippen LogP contribution in [0.25, 0.3) is 0 Å². The van der Waals surface area contributed by atoms with E-state index < -0.39 is 5.82 Å². The maximum Gasteiger partial charge on any atom is 0.255 e. The lowest BCUT2D eigenvalue weighted by atomic mass is 9.95. The molecule has 8 heteroatoms. The van der Waals surface area contributed by atoms with E-state index in [9.17, 15) is 18.8 Å². The number of benzene rings is 1. The highest BCUT2D eigenvalue weighted by Crippen LogP contribution is 2.33. The van der Waals surface area contributed by atoms with Crippen molar-refractivity contribution in [2.75, 3.05) is 39.3 Å². The summed E-state index contributed by atoms with van der Waals surface area (Å²) in [6, 6.07) is 3.74. The van der Waals surface area contributed by atoms with Gasteiger partial charge in [-0.05, 0) is 43.9 Å². The molecule has 0 radical (unpaired) electrons. The second-order valence-corrected chi connectivity index (χ2v) is 8.55. The van der Waals surface area contributed by atoms with Gasteiger partial charge >= 0.3 is 0 Å². The van der Waals surface area contributed by atoms with E-state index in [0.717, 1.165) is 38.3 Å². The highest BCUT2D eigenvalue weighted by atomic mass is 35.5. The van der Waals surface area contributed by atoms with Crippen molar-refractivity contribution >= 4 is 29.3 Å². The fourth-order valence-corrected chi connectivity index (χ4v) is 4.44. The SMILES string of the molecule is O=C(c1ccc(F)cc1Cl)N1CCN(C(=O)C2CCCN(C(=O)C3CC3)C2)CC1. The van der Waals surface area contributed by atoms with Crippen LogP contribution in [0.2, 0.25) is 5.02 Å². The number of hydrogen-bond donors (Lipinski definition) is 0. The molecule has 2 aliphatic heterocycles. The number of likely N-dealkylation sites (tertiary alicyclic amines) is 1. The van der Waals surface area contributed by atoms with Crippen LogP contribution >= 0.6 is 11.6 Å². The lowest BCUT2D eigenvalue weighted by molar-refractivity contribution is -0.142. The van der Waals surface area contributed by atoms with Gasteiger partial charge in [0, 0.05) is 45.2 Å². The minimum absolute atomic E-state index is 0.0743. The summed E-state index contributed by atoms with van der Waals surface area (Å²) in [6.45, 7) is 3.00. The van der Waals surface area contributed by atoms with Crippen molar-refractivity contribution < 1.29 is 18.8 Å². The quantitative estimate of drug-likeness (QED) is 0.753. The minimum Gasteiger partial charge on any atom is -0.342 e. The fourth-order valence-electron chi connectivity index (χ4n) is 4.19. The van der Waals surface area contributed by atoms with Crippen molar-refractivity contribution in [3.63, 3.8) is 0 Å². The van der Waals surface area contributed by atoms with E-state index in [0.29, 0.717) is 32.7 Å². The smallest absolute Gasteiger partial charge is 0.255 e. The zero-order valence-corrected chi connectivity index (χ0v) is 17.0. The van der Waals surface area contributed by atoms with Crippen LogP contribution in [0.3, 0.4) is 0 Å². The molecule has 1 aromatic rings. The average molecular weight is 422 g/mol. The Hall–Kier alpha value is -2.15. The first-order chi connectivity index (χ1) is 13.9. The van der Waals surface area contributed by atoms with Crippen molar-refractivity contribution in [2.24, 2.45) is 11.8 Å². The van der Waals surface area contributed by atoms with E-state index in [1.54, 1.807) is 9.80 Å². The van der Waals surface area contributed by atoms with Crippen molar-refractivity contribution in [1.29, 1.82) is 0 Å². The van der Waals surface area contributed by atoms with Crippen LogP contribution in [-0.4, -0.2) is 71.7 Å². The molecule has 1 aromatic carbocycles. The third kappa shape index (κ3) is 4.39. The molecule has 2 saturated heterocycles. The second-order valence-electron chi connectivity index (χ2n) is 8.14. The standard InChI is InChI=1S/C21H25ClFN3O3/c22-18-12-16(23)5-6-17(18)21(29)25-10-8-24(9-11-25)20(28)15-2-1-7-26(13-15)19(27)14-3-4-14/h5-6,12,14-15H,1-4,7-11,13H2. The highest BCUT2D eigenvalue weighted by molar-refractivity contribution is 6.33. The summed E-state index contributed by atoms with van der Waals surface area (Å²) in [5.41, 5.74) is 0.273. The van der Waals surface area contributed by atoms with Gasteiger partial charge in [-0.15, -0.1) is 0 Å². The first kappa shape index (κ1) is 20.1. The van der Waals surface area contributed by atoms with E-state index >= 15 is 0 Å². The molecule has 2 heterocycles. The summed E-state index contributed by atoms with van der Waals surface area (Å²) in [4.78, 5) is 43.3. The van der Waals surface area contributed by atoms with E-state index in [1.165, 1.54) is 12.1 Å². The third-order valence-corrected chi connectivity index (χ3v) is 6.36. The second kappa shape index (κ2) is 8.30. The van der Waals surface area contributed by atoms with Crippen LogP contribution in [0, 0.1) is 17.7 Å². The molecule has 1 aliphatic carbocycles. The molecule has 0 spiro atoms. The van der Waals surface area contributed by atoms with E-state index in [-0.39, 0.29) is 40.1 Å². The molecule has 4 rings (SSSR count). The lowest BCUT2D eigenvalue weighted by Crippen LogP contribution is -2.54. The molecule has 3 aliphatic rings. The first-order valence-electron chi connectivity index (χ1n) is 10.3. The summed E-state index contributed by atoms with van der Waals surface area (Å²) in [5.74, 6) is -0.430. The summed E-state index contributed by atoms with van der Waals surface area (Å²) in [5, 5.41) is 0.0936. The van der Waals surface area contributed by atoms with Crippen LogP contribution < -0.4 is 0 Å². The monoisotopic (exact) mass is 421 g/mol. The Labute approximate surface area is 174 Å². The molecule has 1 atom stereocenters. The van der Waals surface area contributed by atoms with Gasteiger partial charge in [-0.2, -0.15) is 0 Å². The molecule has 156 valence electrons. The van der Waals surface area contributed by atoms with Crippen molar-refractivity contribution in [3.05, 3.63) is 34.6 Å². The Kier molecular flexibility index (Phi) is 5.76. The maximum absolute atomic E-state index is 13.2. The highest BCUT2D eigenvalue weighted by Gasteiger charge is 2.38. The molecule has 3 amide bonds. The number of carbonyl (C=O) groups is 3. The summed E-state index contributed by atoms with van der Waals surface area (Å²) in [7, 11) is 0. The Morgan fingerprint density at radius 3 is 2.17 bits per heavy atom. The predicted octanol–water partition coefficient (Wildman–Crippen LogP) is 2.41. The first-order valence-corrected chi connectivity index (χ1v) is 10.6. The number of rotatable bonds is 3. The maximum atomic E-state index is 13.2. The zero-order chi connectivity index (χ0) is 20.5. The predicted molar refractivity (Wildman–Crippen MR) is 106 cm³/mol. The van der Waals surface area contributed by atoms with Crippen LogP contribution in [0.5, 0.6) is 0 Å². The summed E-state index contributed by atoms with van der Waals surface area (Å²) in [6.07, 6.45) is 3.61. The lowest BCUT2D eigenvalue weighted by Gasteiger charge is -2.39. The van der Waals surface area contributed by atoms with E-state index in [2.05, 4.69) is 0 Å². The average Bonchev–Trinajstić information content (AvgIpc) is 3.58. The molecule has 0 N–H and O–H groups in total. The van der Waals surface area contributed by atoms with Gasteiger partial charge in [-0.1, -0.05) is 11.6 Å². The molecule has 29 heavy (non-hydrogen) atoms. The third-order valence-electron chi connectivity index (χ3n) is 6.05. The zero-order valence-electron chi connectivity index (χ0n) is 16.3. The summed E-state index contributed by atoms with van der Waals surface area (Å²) < 4.78 is 13.2. The molecule has 3 fully saturated rings. The molecular formula is C21H25ClFN3O3. The molecule has 0 bridgehead atoms. The fraction of sp³-hybridized carbons (Fsp3) is 0.571. The van der Waals surface area contributed by atoms with Gasteiger partial charge in [0.15, 0.2) is 0 Å². The summed E-state index contributed by atoms with van der Waals surface area (Å²) >= 11 is 6.01. The molecule has 0 aromatic heterocycles. The molecule has 1 saturated carbocycles. The number of piperidine rings is 1. The van der Waals surface area contributed by atoms with Gasteiger partial charge in [0.2, 0.25) is 11.8 Å². The van der Waals surface area contributed by atoms with Crippen LogP contribution in [-0.2, 0) is 9.59 Å². The van der Waals surface area contributed by atoms with Gasteiger partial charge in [0.25, 0.3) is 5.91 Å². The minimum atomic E-state index is -0.483. The van der Waals surface area contributed by atoms with E-state index in [4.69, 9.17) is 11.6 Å². The number of halogens is 2. The topological polar surface area (TPSA) is 60.9 Å². The van der Waals surface area contributed by atoms with Crippen LogP contribution in [0.4, 0.5) is 4.39 Å². The Balaban J connectivity index is 1.32. The van der Waals surface area contributed by atoms with Crippen molar-refractivity contribution in [1.82, 2.24) is 14.7 Å². The largest absolute Gasteiger partial charge is 0.342 e. The molecule has 6 nitrogen and oxygen atoms in total. The number of amides is 3. The Bertz CT molecular complexity index is 821. The van der Waals surface area contributed by atoms with Crippen LogP contribution in [0.15, 0.2) is 18.2 Å². The van der Waals surface area contributed by atoms with E-state index in [1.807, 2.05) is 4.90 Å². The Morgan fingerprint density at radius 1 is 0.862 bits per heavy atom. The number of piperazine rings is 1. The Morgan fingerprint density at radius 2 is 1.52 bits per heavy atom. The molecular weight excluding hydrogens is 397 g/mol.